The number of esters is 1. The maximum atomic E-state index is 12.8. The zero-order valence-electron chi connectivity index (χ0n) is 14.2. The summed E-state index contributed by atoms with van der Waals surface area (Å²) in [5, 5.41) is 3.29. The van der Waals surface area contributed by atoms with E-state index in [2.05, 4.69) is 5.32 Å². The van der Waals surface area contributed by atoms with E-state index >= 15 is 0 Å². The molecule has 0 radical (unpaired) electrons. The van der Waals surface area contributed by atoms with Crippen LogP contribution in [0.5, 0.6) is 0 Å². The molecule has 1 aromatic carbocycles. The van der Waals surface area contributed by atoms with Gasteiger partial charge in [0, 0.05) is 17.4 Å². The summed E-state index contributed by atoms with van der Waals surface area (Å²) in [6.45, 7) is 3.94. The summed E-state index contributed by atoms with van der Waals surface area (Å²) < 4.78 is 43.3. The molecule has 1 aromatic rings. The van der Waals surface area contributed by atoms with E-state index < -0.39 is 23.2 Å². The number of hydrogen-bond donors (Lipinski definition) is 1. The third-order valence-electron chi connectivity index (χ3n) is 5.16. The summed E-state index contributed by atoms with van der Waals surface area (Å²) in [4.78, 5) is 12.3. The number of allylic oxidation sites excluding steroid dienone is 2. The van der Waals surface area contributed by atoms with Crippen molar-refractivity contribution in [2.45, 2.75) is 32.1 Å². The van der Waals surface area contributed by atoms with Crippen LogP contribution in [-0.2, 0) is 15.7 Å². The lowest BCUT2D eigenvalue weighted by molar-refractivity contribution is -0.147. The van der Waals surface area contributed by atoms with E-state index in [-0.39, 0.29) is 17.9 Å². The van der Waals surface area contributed by atoms with Crippen LogP contribution < -0.4 is 5.32 Å². The molecule has 0 bridgehead atoms. The number of carbonyl (C=O) groups excluding carboxylic acids is 1. The van der Waals surface area contributed by atoms with E-state index in [4.69, 9.17) is 4.74 Å². The first-order chi connectivity index (χ1) is 11.7. The van der Waals surface area contributed by atoms with Gasteiger partial charge in [-0.05, 0) is 17.7 Å². The molecule has 3 nitrogen and oxygen atoms in total. The van der Waals surface area contributed by atoms with Gasteiger partial charge in [0.05, 0.1) is 12.7 Å². The summed E-state index contributed by atoms with van der Waals surface area (Å²) in [5.41, 5.74) is 0.643. The van der Waals surface area contributed by atoms with Gasteiger partial charge in [0.2, 0.25) is 0 Å². The summed E-state index contributed by atoms with van der Waals surface area (Å²) in [5.74, 6) is -0.388. The first-order valence-electron chi connectivity index (χ1n) is 8.06. The highest BCUT2D eigenvalue weighted by Crippen LogP contribution is 2.48. The number of ether oxygens (including phenoxy) is 1. The Bertz CT molecular complexity index is 732. The van der Waals surface area contributed by atoms with Crippen LogP contribution in [0.2, 0.25) is 0 Å². The quantitative estimate of drug-likeness (QED) is 0.818. The van der Waals surface area contributed by atoms with Crippen LogP contribution in [0.4, 0.5) is 13.2 Å². The van der Waals surface area contributed by atoms with Crippen molar-refractivity contribution in [3.8, 4) is 0 Å². The number of nitrogens with one attached hydrogen (secondary N) is 1. The van der Waals surface area contributed by atoms with E-state index in [1.807, 2.05) is 32.1 Å². The average molecular weight is 351 g/mol. The molecule has 134 valence electrons. The van der Waals surface area contributed by atoms with Crippen LogP contribution in [0.15, 0.2) is 48.1 Å². The standard InChI is InChI=1S/C19H20F3NO2/c1-18(2)14-6-4-5-13(14)15(23-16(18)17(24)25-3)11-7-9-12(10-8-11)19(20,21)22/h4-10,13,15-16,23H,1-3H3/t13-,15+,16-/m0/s1. The van der Waals surface area contributed by atoms with Crippen LogP contribution in [0, 0.1) is 11.3 Å². The number of hydrogen-bond acceptors (Lipinski definition) is 3. The van der Waals surface area contributed by atoms with Crippen molar-refractivity contribution in [3.05, 3.63) is 59.2 Å². The predicted molar refractivity (Wildman–Crippen MR) is 87.6 cm³/mol. The third kappa shape index (κ3) is 2.99. The average Bonchev–Trinajstić information content (AvgIpc) is 3.04. The van der Waals surface area contributed by atoms with E-state index in [0.717, 1.165) is 17.7 Å². The minimum Gasteiger partial charge on any atom is -0.468 e. The molecule has 1 saturated heterocycles. The van der Waals surface area contributed by atoms with Crippen LogP contribution in [-0.4, -0.2) is 19.1 Å². The zero-order valence-corrected chi connectivity index (χ0v) is 14.2. The molecule has 25 heavy (non-hydrogen) atoms. The lowest BCUT2D eigenvalue weighted by Gasteiger charge is -2.46. The van der Waals surface area contributed by atoms with Crippen molar-refractivity contribution >= 4 is 5.97 Å². The van der Waals surface area contributed by atoms with Gasteiger partial charge in [0.15, 0.2) is 0 Å². The van der Waals surface area contributed by atoms with Crippen molar-refractivity contribution < 1.29 is 22.7 Å². The Balaban J connectivity index is 1.97. The Labute approximate surface area is 144 Å². The van der Waals surface area contributed by atoms with Gasteiger partial charge in [-0.25, -0.2) is 0 Å². The van der Waals surface area contributed by atoms with Crippen molar-refractivity contribution in [1.29, 1.82) is 0 Å². The zero-order chi connectivity index (χ0) is 18.4. The van der Waals surface area contributed by atoms with Crippen LogP contribution >= 0.6 is 0 Å². The third-order valence-corrected chi connectivity index (χ3v) is 5.16. The molecule has 1 aliphatic carbocycles. The van der Waals surface area contributed by atoms with Gasteiger partial charge in [-0.3, -0.25) is 10.1 Å². The SMILES string of the molecule is COC(=O)[C@@H]1N[C@H](c2ccc(C(F)(F)F)cc2)[C@H]2C=CC=C2C1(C)C. The molecule has 0 spiro atoms. The first kappa shape index (κ1) is 17.7. The first-order valence-corrected chi connectivity index (χ1v) is 8.06. The fourth-order valence-electron chi connectivity index (χ4n) is 3.75. The fourth-order valence-corrected chi connectivity index (χ4v) is 3.75. The molecule has 1 aliphatic heterocycles. The Morgan fingerprint density at radius 2 is 1.84 bits per heavy atom. The highest BCUT2D eigenvalue weighted by molar-refractivity contribution is 5.78. The lowest BCUT2D eigenvalue weighted by atomic mass is 9.66. The molecule has 0 aromatic heterocycles. The van der Waals surface area contributed by atoms with Gasteiger partial charge in [-0.15, -0.1) is 0 Å². The molecule has 3 atom stereocenters. The summed E-state index contributed by atoms with van der Waals surface area (Å²) >= 11 is 0. The summed E-state index contributed by atoms with van der Waals surface area (Å²) in [7, 11) is 1.33. The van der Waals surface area contributed by atoms with E-state index in [9.17, 15) is 18.0 Å². The lowest BCUT2D eigenvalue weighted by Crippen LogP contribution is -2.56. The highest BCUT2D eigenvalue weighted by Gasteiger charge is 2.49. The van der Waals surface area contributed by atoms with Gasteiger partial charge in [-0.1, -0.05) is 49.8 Å². The summed E-state index contributed by atoms with van der Waals surface area (Å²) in [6.07, 6.45) is 1.56. The number of alkyl halides is 3. The van der Waals surface area contributed by atoms with Crippen molar-refractivity contribution in [1.82, 2.24) is 5.32 Å². The second-order valence-electron chi connectivity index (χ2n) is 6.97. The predicted octanol–water partition coefficient (Wildman–Crippen LogP) is 4.03. The number of benzene rings is 1. The summed E-state index contributed by atoms with van der Waals surface area (Å²) in [6, 6.07) is 4.22. The number of carbonyl (C=O) groups is 1. The van der Waals surface area contributed by atoms with Gasteiger partial charge in [0.1, 0.15) is 6.04 Å². The molecule has 0 amide bonds. The molecular formula is C19H20F3NO2. The van der Waals surface area contributed by atoms with Crippen LogP contribution in [0.1, 0.15) is 31.0 Å². The number of piperidine rings is 1. The maximum Gasteiger partial charge on any atom is 0.416 e. The normalized spacial score (nSPS) is 27.6. The minimum absolute atomic E-state index is 0.00681. The van der Waals surface area contributed by atoms with Gasteiger partial charge in [-0.2, -0.15) is 13.2 Å². The Morgan fingerprint density at radius 1 is 1.20 bits per heavy atom. The number of methoxy groups -OCH3 is 1. The maximum absolute atomic E-state index is 12.8. The number of halogens is 3. The molecule has 6 heteroatoms. The Hall–Kier alpha value is -2.08. The van der Waals surface area contributed by atoms with Crippen LogP contribution in [0.25, 0.3) is 0 Å². The molecule has 1 fully saturated rings. The second-order valence-corrected chi connectivity index (χ2v) is 6.97. The topological polar surface area (TPSA) is 38.3 Å². The van der Waals surface area contributed by atoms with Crippen molar-refractivity contribution in [2.24, 2.45) is 11.3 Å². The molecule has 0 saturated carbocycles. The van der Waals surface area contributed by atoms with E-state index in [1.165, 1.54) is 19.2 Å². The molecule has 3 rings (SSSR count). The Kier molecular flexibility index (Phi) is 4.27. The number of rotatable bonds is 2. The molecule has 2 aliphatic rings. The minimum atomic E-state index is -4.37. The molecule has 0 unspecified atom stereocenters. The molecular weight excluding hydrogens is 331 g/mol. The second kappa shape index (κ2) is 6.02. The van der Waals surface area contributed by atoms with Gasteiger partial charge >= 0.3 is 12.1 Å². The molecule has 1 N–H and O–H groups in total. The highest BCUT2D eigenvalue weighted by atomic mass is 19.4. The fraction of sp³-hybridized carbons (Fsp3) is 0.421. The largest absolute Gasteiger partial charge is 0.468 e. The smallest absolute Gasteiger partial charge is 0.416 e. The van der Waals surface area contributed by atoms with Gasteiger partial charge in [0.25, 0.3) is 0 Å². The Morgan fingerprint density at radius 3 is 2.40 bits per heavy atom. The van der Waals surface area contributed by atoms with Crippen LogP contribution in [0.3, 0.4) is 0 Å². The molecule has 1 heterocycles. The number of fused-ring (bicyclic) bond motifs is 1. The van der Waals surface area contributed by atoms with Gasteiger partial charge < -0.3 is 4.74 Å². The van der Waals surface area contributed by atoms with E-state index in [1.54, 1.807) is 0 Å². The van der Waals surface area contributed by atoms with Crippen molar-refractivity contribution in [3.63, 3.8) is 0 Å². The monoisotopic (exact) mass is 351 g/mol. The van der Waals surface area contributed by atoms with E-state index in [0.29, 0.717) is 5.56 Å². The van der Waals surface area contributed by atoms with Crippen molar-refractivity contribution in [2.75, 3.05) is 7.11 Å².